The molecule has 0 aromatic carbocycles. The predicted octanol–water partition coefficient (Wildman–Crippen LogP) is 2.02. The van der Waals surface area contributed by atoms with Gasteiger partial charge < -0.3 is 9.80 Å². The Hall–Kier alpha value is 0.500. The minimum Gasteiger partial charge on any atom is -0.301 e. The zero-order valence-corrected chi connectivity index (χ0v) is 10.7. The van der Waals surface area contributed by atoms with Crippen LogP contribution in [0.15, 0.2) is 0 Å². The van der Waals surface area contributed by atoms with Gasteiger partial charge in [0.25, 0.3) is 0 Å². The van der Waals surface area contributed by atoms with Gasteiger partial charge in [0.05, 0.1) is 0 Å². The first kappa shape index (κ1) is 14.5. The van der Waals surface area contributed by atoms with Crippen LogP contribution in [-0.4, -0.2) is 49.1 Å². The van der Waals surface area contributed by atoms with Crippen molar-refractivity contribution < 1.29 is 0 Å². The van der Waals surface area contributed by atoms with Crippen LogP contribution < -0.4 is 0 Å². The summed E-state index contributed by atoms with van der Waals surface area (Å²) in [5, 5.41) is 0. The number of rotatable bonds is 0. The fourth-order valence-corrected chi connectivity index (χ4v) is 2.77. The molecule has 0 spiro atoms. The summed E-state index contributed by atoms with van der Waals surface area (Å²) in [7, 11) is 4.58. The predicted molar refractivity (Wildman–Crippen MR) is 65.8 cm³/mol. The maximum Gasteiger partial charge on any atom is 0.0248 e. The Balaban J connectivity index is 0.000000845. The van der Waals surface area contributed by atoms with Crippen LogP contribution in [-0.2, 0) is 0 Å². The van der Waals surface area contributed by atoms with Crippen LogP contribution in [0.1, 0.15) is 25.7 Å². The maximum atomic E-state index is 2.56. The van der Waals surface area contributed by atoms with E-state index in [9.17, 15) is 0 Å². The number of halogens is 2. The van der Waals surface area contributed by atoms with Crippen LogP contribution in [0.25, 0.3) is 0 Å². The smallest absolute Gasteiger partial charge is 0.0248 e. The SMILES string of the molecule is CN1CCN(C)C2CCCCC21.Cl.Cl. The molecule has 2 aliphatic rings. The van der Waals surface area contributed by atoms with Gasteiger partial charge in [0.1, 0.15) is 0 Å². The van der Waals surface area contributed by atoms with Gasteiger partial charge in [-0.15, -0.1) is 24.8 Å². The molecule has 1 saturated carbocycles. The molecular formula is C10H22Cl2N2. The van der Waals surface area contributed by atoms with E-state index in [-0.39, 0.29) is 24.8 Å². The average molecular weight is 241 g/mol. The Labute approximate surface area is 99.8 Å². The Morgan fingerprint density at radius 1 is 0.786 bits per heavy atom. The first-order chi connectivity index (χ1) is 5.79. The van der Waals surface area contributed by atoms with E-state index in [1.54, 1.807) is 0 Å². The first-order valence-electron chi connectivity index (χ1n) is 5.19. The van der Waals surface area contributed by atoms with Gasteiger partial charge >= 0.3 is 0 Å². The summed E-state index contributed by atoms with van der Waals surface area (Å²) in [6, 6.07) is 1.72. The lowest BCUT2D eigenvalue weighted by Gasteiger charge is -2.47. The van der Waals surface area contributed by atoms with Crippen molar-refractivity contribution in [3.63, 3.8) is 0 Å². The highest BCUT2D eigenvalue weighted by Crippen LogP contribution is 2.28. The molecule has 86 valence electrons. The standard InChI is InChI=1S/C10H20N2.2ClH/c1-11-7-8-12(2)10-6-4-3-5-9(10)11;;/h9-10H,3-8H2,1-2H3;2*1H. The van der Waals surface area contributed by atoms with E-state index in [1.807, 2.05) is 0 Å². The lowest BCUT2D eigenvalue weighted by Crippen LogP contribution is -2.57. The van der Waals surface area contributed by atoms with Gasteiger partial charge in [0.15, 0.2) is 0 Å². The lowest BCUT2D eigenvalue weighted by atomic mass is 9.87. The third-order valence-corrected chi connectivity index (χ3v) is 3.63. The van der Waals surface area contributed by atoms with Crippen molar-refractivity contribution in [3.8, 4) is 0 Å². The van der Waals surface area contributed by atoms with E-state index < -0.39 is 0 Å². The Morgan fingerprint density at radius 3 is 1.50 bits per heavy atom. The Morgan fingerprint density at radius 2 is 1.14 bits per heavy atom. The molecule has 0 aromatic rings. The van der Waals surface area contributed by atoms with Crippen molar-refractivity contribution in [1.29, 1.82) is 0 Å². The summed E-state index contributed by atoms with van der Waals surface area (Å²) in [5.74, 6) is 0. The molecule has 1 aliphatic heterocycles. The molecule has 4 heteroatoms. The molecule has 2 unspecified atom stereocenters. The molecule has 0 bridgehead atoms. The fourth-order valence-electron chi connectivity index (χ4n) is 2.77. The van der Waals surface area contributed by atoms with E-state index in [2.05, 4.69) is 23.9 Å². The topological polar surface area (TPSA) is 6.48 Å². The molecule has 14 heavy (non-hydrogen) atoms. The van der Waals surface area contributed by atoms with Crippen molar-refractivity contribution >= 4 is 24.8 Å². The molecule has 2 nitrogen and oxygen atoms in total. The Kier molecular flexibility index (Phi) is 6.38. The van der Waals surface area contributed by atoms with Crippen LogP contribution >= 0.6 is 24.8 Å². The number of likely N-dealkylation sites (N-methyl/N-ethyl adjacent to an activating group) is 2. The van der Waals surface area contributed by atoms with Crippen LogP contribution in [0.5, 0.6) is 0 Å². The molecule has 0 N–H and O–H groups in total. The van der Waals surface area contributed by atoms with E-state index in [0.717, 1.165) is 12.1 Å². The van der Waals surface area contributed by atoms with Crippen molar-refractivity contribution in [2.24, 2.45) is 0 Å². The monoisotopic (exact) mass is 240 g/mol. The number of hydrogen-bond donors (Lipinski definition) is 0. The van der Waals surface area contributed by atoms with Crippen molar-refractivity contribution in [2.45, 2.75) is 37.8 Å². The van der Waals surface area contributed by atoms with Crippen LogP contribution in [0.3, 0.4) is 0 Å². The van der Waals surface area contributed by atoms with E-state index in [1.165, 1.54) is 38.8 Å². The van der Waals surface area contributed by atoms with Crippen molar-refractivity contribution in [3.05, 3.63) is 0 Å². The highest BCUT2D eigenvalue weighted by Gasteiger charge is 2.34. The summed E-state index contributed by atoms with van der Waals surface area (Å²) in [6.07, 6.45) is 5.73. The molecule has 0 aromatic heterocycles. The average Bonchev–Trinajstić information content (AvgIpc) is 2.12. The molecule has 0 radical (unpaired) electrons. The van der Waals surface area contributed by atoms with Crippen LogP contribution in [0.2, 0.25) is 0 Å². The van der Waals surface area contributed by atoms with Crippen molar-refractivity contribution in [1.82, 2.24) is 9.80 Å². The molecule has 1 aliphatic carbocycles. The maximum absolute atomic E-state index is 2.56. The molecule has 0 amide bonds. The van der Waals surface area contributed by atoms with Gasteiger partial charge in [-0.2, -0.15) is 0 Å². The zero-order valence-electron chi connectivity index (χ0n) is 9.11. The Bertz CT molecular complexity index is 148. The van der Waals surface area contributed by atoms with Gasteiger partial charge in [0, 0.05) is 25.2 Å². The second-order valence-electron chi connectivity index (χ2n) is 4.38. The van der Waals surface area contributed by atoms with Gasteiger partial charge in [-0.3, -0.25) is 0 Å². The molecule has 1 heterocycles. The quantitative estimate of drug-likeness (QED) is 0.640. The number of piperazine rings is 1. The highest BCUT2D eigenvalue weighted by atomic mass is 35.5. The first-order valence-corrected chi connectivity index (χ1v) is 5.19. The summed E-state index contributed by atoms with van der Waals surface area (Å²) >= 11 is 0. The second-order valence-corrected chi connectivity index (χ2v) is 4.38. The largest absolute Gasteiger partial charge is 0.301 e. The third kappa shape index (κ3) is 2.75. The summed E-state index contributed by atoms with van der Waals surface area (Å²) < 4.78 is 0. The molecule has 2 fully saturated rings. The minimum absolute atomic E-state index is 0. The van der Waals surface area contributed by atoms with Crippen LogP contribution in [0.4, 0.5) is 0 Å². The van der Waals surface area contributed by atoms with Gasteiger partial charge in [-0.05, 0) is 26.9 Å². The summed E-state index contributed by atoms with van der Waals surface area (Å²) in [5.41, 5.74) is 0. The molecular weight excluding hydrogens is 219 g/mol. The molecule has 2 atom stereocenters. The summed E-state index contributed by atoms with van der Waals surface area (Å²) in [4.78, 5) is 5.12. The summed E-state index contributed by atoms with van der Waals surface area (Å²) in [6.45, 7) is 2.52. The second kappa shape index (κ2) is 6.16. The van der Waals surface area contributed by atoms with E-state index >= 15 is 0 Å². The van der Waals surface area contributed by atoms with Gasteiger partial charge in [-0.1, -0.05) is 12.8 Å². The van der Waals surface area contributed by atoms with E-state index in [0.29, 0.717) is 0 Å². The zero-order chi connectivity index (χ0) is 8.55. The fraction of sp³-hybridized carbons (Fsp3) is 1.00. The van der Waals surface area contributed by atoms with Crippen LogP contribution in [0, 0.1) is 0 Å². The van der Waals surface area contributed by atoms with Gasteiger partial charge in [-0.25, -0.2) is 0 Å². The van der Waals surface area contributed by atoms with Crippen molar-refractivity contribution in [2.75, 3.05) is 27.2 Å². The highest BCUT2D eigenvalue weighted by molar-refractivity contribution is 5.85. The minimum atomic E-state index is 0. The number of nitrogens with zero attached hydrogens (tertiary/aromatic N) is 2. The van der Waals surface area contributed by atoms with Gasteiger partial charge in [0.2, 0.25) is 0 Å². The number of fused-ring (bicyclic) bond motifs is 1. The lowest BCUT2D eigenvalue weighted by molar-refractivity contribution is 0.0263. The molecule has 2 rings (SSSR count). The third-order valence-electron chi connectivity index (χ3n) is 3.63. The normalized spacial score (nSPS) is 33.9. The number of hydrogen-bond acceptors (Lipinski definition) is 2. The molecule has 1 saturated heterocycles. The van der Waals surface area contributed by atoms with E-state index in [4.69, 9.17) is 0 Å².